The molecule has 83 heavy (non-hydrogen) atoms. The molecule has 7 N–H and O–H groups in total. The predicted octanol–water partition coefficient (Wildman–Crippen LogP) is 9.67. The zero-order valence-corrected chi connectivity index (χ0v) is 49.3. The molecule has 0 unspecified atom stereocenters. The summed E-state index contributed by atoms with van der Waals surface area (Å²) in [6.45, 7) is 4.18. The number of imidazole rings is 1. The molecule has 3 heterocycles. The van der Waals surface area contributed by atoms with Gasteiger partial charge in [0, 0.05) is 27.3 Å². The zero-order valence-electron chi connectivity index (χ0n) is 42.0. The van der Waals surface area contributed by atoms with Gasteiger partial charge in [0.15, 0.2) is 11.3 Å². The average Bonchev–Trinajstić information content (AvgIpc) is 1.99. The highest BCUT2D eigenvalue weighted by Crippen LogP contribution is 2.46. The van der Waals surface area contributed by atoms with Crippen LogP contribution < -0.4 is 4.74 Å². The standard InChI is InChI=1S/C44H37ClN10O20S8/c1-20-6-7-34(81(66,67)68)38-40(20)55-42(47-38)26(19-46)22(3)37(43(55)56)53-51-30-12-21(2)28(17-32(30)75-8-4-10-78(57,58)59)49-52-31-16-27(45)29(18-33(31)76-9-5-11-79(60,61)62)50-54-44-48-39-36(83(72,73)74)15-24-25(41(39)77-44)13-23(80(63,64)65)14-35(24)82(69,70)71/h6-7,12-18,56H,4-5,8-11H2,1-3H3,(H,57,58,59)(H,60,61,62)(H,63,64,65)(H,66,67,68)(H,69,70,71)(H,72,73,74). The predicted molar refractivity (Wildman–Crippen MR) is 298 cm³/mol. The first-order valence-electron chi connectivity index (χ1n) is 22.7. The highest BCUT2D eigenvalue weighted by molar-refractivity contribution is 7.99. The highest BCUT2D eigenvalue weighted by atomic mass is 35.5. The lowest BCUT2D eigenvalue weighted by Crippen LogP contribution is -2.08. The zero-order chi connectivity index (χ0) is 61.1. The van der Waals surface area contributed by atoms with Crippen LogP contribution in [0.1, 0.15) is 35.1 Å². The van der Waals surface area contributed by atoms with E-state index in [1.807, 2.05) is 6.07 Å². The van der Waals surface area contributed by atoms with Gasteiger partial charge in [-0.25, -0.2) is 9.97 Å². The molecule has 0 saturated heterocycles. The van der Waals surface area contributed by atoms with E-state index in [-0.39, 0.29) is 107 Å². The maximum absolute atomic E-state index is 12.6. The monoisotopic (exact) mass is 1320 g/mol. The Kier molecular flexibility index (Phi) is 17.2. The van der Waals surface area contributed by atoms with Crippen molar-refractivity contribution >= 4 is 167 Å². The van der Waals surface area contributed by atoms with Crippen LogP contribution in [0.4, 0.5) is 33.6 Å². The van der Waals surface area contributed by atoms with Crippen molar-refractivity contribution in [3.63, 3.8) is 0 Å². The number of pyridine rings is 1. The number of nitriles is 1. The first kappa shape index (κ1) is 62.2. The summed E-state index contributed by atoms with van der Waals surface area (Å²) < 4.78 is 210. The van der Waals surface area contributed by atoms with Gasteiger partial charge in [-0.2, -0.15) is 60.9 Å². The van der Waals surface area contributed by atoms with E-state index in [9.17, 15) is 88.2 Å². The quantitative estimate of drug-likeness (QED) is 0.0161. The Hall–Kier alpha value is -6.81. The fraction of sp³-hybridized carbons (Fsp3) is 0.205. The SMILES string of the molecule is Cc1cc(N=Nc2c(C)c(C#N)c3nc4c(S(=O)(=O)O)ccc(C)c4n3c2O)c(OCCCS(=O)(=O)O)cc1N=Nc1cc(Cl)c(N=Nc2nc3c(S(=O)(=O)O)cc4c(S(=O)(=O)O)cc(S(=O)(=O)O)cc4c3s2)cc1SCCCS(=O)(=O)O. The second-order valence-electron chi connectivity index (χ2n) is 17.6. The van der Waals surface area contributed by atoms with Gasteiger partial charge >= 0.3 is 0 Å². The maximum atomic E-state index is 12.6. The summed E-state index contributed by atoms with van der Waals surface area (Å²) >= 11 is 8.16. The number of benzene rings is 5. The van der Waals surface area contributed by atoms with Crippen molar-refractivity contribution < 1.29 is 87.7 Å². The Bertz CT molecular complexity index is 4950. The molecule has 0 atom stereocenters. The number of ether oxygens (including phenoxy) is 1. The Morgan fingerprint density at radius 1 is 0.651 bits per heavy atom. The first-order chi connectivity index (χ1) is 38.4. The average molecular weight is 1320 g/mol. The van der Waals surface area contributed by atoms with Gasteiger partial charge in [-0.15, -0.1) is 37.3 Å². The smallest absolute Gasteiger partial charge is 0.296 e. The number of thioether (sulfide) groups is 1. The molecule has 5 aromatic carbocycles. The second kappa shape index (κ2) is 23.0. The molecule has 0 amide bonds. The van der Waals surface area contributed by atoms with E-state index >= 15 is 0 Å². The lowest BCUT2D eigenvalue weighted by atomic mass is 10.1. The molecule has 0 spiro atoms. The molecular formula is C44H37ClN10O20S8. The molecule has 30 nitrogen and oxygen atoms in total. The van der Waals surface area contributed by atoms with E-state index in [0.29, 0.717) is 34.6 Å². The van der Waals surface area contributed by atoms with Gasteiger partial charge in [-0.3, -0.25) is 31.7 Å². The number of rotatable bonds is 20. The van der Waals surface area contributed by atoms with Crippen molar-refractivity contribution in [2.45, 2.75) is 58.1 Å². The number of thiazole rings is 1. The molecule has 8 aromatic rings. The Morgan fingerprint density at radius 3 is 1.90 bits per heavy atom. The molecule has 8 rings (SSSR count). The van der Waals surface area contributed by atoms with Crippen LogP contribution in [0.15, 0.2) is 110 Å². The number of aromatic nitrogens is 3. The Morgan fingerprint density at radius 2 is 1.28 bits per heavy atom. The first-order valence-corrected chi connectivity index (χ1v) is 33.9. The molecule has 0 saturated carbocycles. The minimum absolute atomic E-state index is 0.0115. The normalized spacial score (nSPS) is 13.3. The van der Waals surface area contributed by atoms with Crippen LogP contribution in [-0.4, -0.2) is 121 Å². The third-order valence-corrected chi connectivity index (χ3v) is 19.2. The van der Waals surface area contributed by atoms with Crippen LogP contribution in [0.5, 0.6) is 11.6 Å². The van der Waals surface area contributed by atoms with E-state index in [0.717, 1.165) is 28.3 Å². The highest BCUT2D eigenvalue weighted by Gasteiger charge is 2.29. The summed E-state index contributed by atoms with van der Waals surface area (Å²) in [6.07, 6.45) is -0.337. The van der Waals surface area contributed by atoms with Crippen molar-refractivity contribution in [1.29, 1.82) is 5.26 Å². The number of hydrogen-bond acceptors (Lipinski definition) is 25. The van der Waals surface area contributed by atoms with Crippen LogP contribution in [-0.2, 0) is 60.7 Å². The molecule has 0 fully saturated rings. The molecule has 0 bridgehead atoms. The van der Waals surface area contributed by atoms with Gasteiger partial charge in [0.1, 0.15) is 60.2 Å². The number of aromatic hydroxyl groups is 1. The third-order valence-electron chi connectivity index (χ3n) is 11.8. The van der Waals surface area contributed by atoms with Crippen molar-refractivity contribution in [3.8, 4) is 17.7 Å². The molecule has 3 aromatic heterocycles. The van der Waals surface area contributed by atoms with Gasteiger partial charge in [-0.1, -0.05) is 29.0 Å². The molecule has 0 aliphatic carbocycles. The minimum Gasteiger partial charge on any atom is -0.493 e. The molecule has 438 valence electrons. The molecule has 0 aliphatic rings. The molecule has 0 aliphatic heterocycles. The molecule has 39 heteroatoms. The largest absolute Gasteiger partial charge is 0.493 e. The van der Waals surface area contributed by atoms with Crippen LogP contribution in [0.3, 0.4) is 0 Å². The van der Waals surface area contributed by atoms with E-state index in [1.54, 1.807) is 13.8 Å². The fourth-order valence-electron chi connectivity index (χ4n) is 8.03. The van der Waals surface area contributed by atoms with Gasteiger partial charge in [0.05, 0.1) is 43.9 Å². The lowest BCUT2D eigenvalue weighted by Gasteiger charge is -2.12. The van der Waals surface area contributed by atoms with Crippen molar-refractivity contribution in [3.05, 3.63) is 81.9 Å². The minimum atomic E-state index is -5.33. The van der Waals surface area contributed by atoms with Gasteiger partial charge < -0.3 is 9.84 Å². The van der Waals surface area contributed by atoms with Crippen LogP contribution in [0, 0.1) is 32.1 Å². The van der Waals surface area contributed by atoms with E-state index in [2.05, 4.69) is 40.7 Å². The number of aryl methyl sites for hydroxylation is 2. The van der Waals surface area contributed by atoms with Gasteiger partial charge in [0.25, 0.3) is 60.7 Å². The van der Waals surface area contributed by atoms with E-state index < -0.39 is 114 Å². The van der Waals surface area contributed by atoms with Crippen LogP contribution in [0.25, 0.3) is 37.7 Å². The third kappa shape index (κ3) is 13.7. The molecule has 0 radical (unpaired) electrons. The van der Waals surface area contributed by atoms with Gasteiger partial charge in [0.2, 0.25) is 11.0 Å². The van der Waals surface area contributed by atoms with Crippen molar-refractivity contribution in [2.24, 2.45) is 30.7 Å². The Balaban J connectivity index is 1.21. The fourth-order valence-corrected chi connectivity index (χ4v) is 14.0. The number of hydrogen-bond donors (Lipinski definition) is 7. The van der Waals surface area contributed by atoms with E-state index in [4.69, 9.17) is 16.3 Å². The second-order valence-corrected chi connectivity index (χ2v) is 28.8. The molecular weight excluding hydrogens is 1280 g/mol. The summed E-state index contributed by atoms with van der Waals surface area (Å²) in [5.74, 6) is -2.11. The van der Waals surface area contributed by atoms with Crippen LogP contribution >= 0.6 is 34.7 Å². The van der Waals surface area contributed by atoms with Crippen LogP contribution in [0.2, 0.25) is 5.02 Å². The van der Waals surface area contributed by atoms with Crippen molar-refractivity contribution in [2.75, 3.05) is 23.9 Å². The summed E-state index contributed by atoms with van der Waals surface area (Å²) in [4.78, 5) is 4.80. The summed E-state index contributed by atoms with van der Waals surface area (Å²) in [5, 5.41) is 45.8. The van der Waals surface area contributed by atoms with Crippen molar-refractivity contribution in [1.82, 2.24) is 14.4 Å². The van der Waals surface area contributed by atoms with Gasteiger partial charge in [-0.05, 0) is 93.0 Å². The lowest BCUT2D eigenvalue weighted by molar-refractivity contribution is 0.317. The Labute approximate surface area is 482 Å². The van der Waals surface area contributed by atoms with E-state index in [1.165, 1.54) is 37.3 Å². The maximum Gasteiger partial charge on any atom is 0.296 e. The number of fused-ring (bicyclic) bond motifs is 6. The summed E-state index contributed by atoms with van der Waals surface area (Å²) in [5.41, 5.74) is -0.832. The summed E-state index contributed by atoms with van der Waals surface area (Å²) in [7, 11) is -29.4. The number of azo groups is 3. The number of nitrogens with zero attached hydrogens (tertiary/aromatic N) is 10. The number of halogens is 1. The topological polar surface area (TPSA) is 484 Å². The summed E-state index contributed by atoms with van der Waals surface area (Å²) in [6, 6.07) is 11.4.